The summed E-state index contributed by atoms with van der Waals surface area (Å²) in [7, 11) is 0. The van der Waals surface area contributed by atoms with Gasteiger partial charge in [0.25, 0.3) is 5.91 Å². The van der Waals surface area contributed by atoms with Crippen LogP contribution in [0.25, 0.3) is 5.82 Å². The third-order valence-electron chi connectivity index (χ3n) is 3.75. The summed E-state index contributed by atoms with van der Waals surface area (Å²) in [6, 6.07) is 8.13. The molecule has 26 heavy (non-hydrogen) atoms. The second kappa shape index (κ2) is 7.56. The highest BCUT2D eigenvalue weighted by Gasteiger charge is 2.15. The molecule has 0 aliphatic rings. The molecule has 0 bridgehead atoms. The van der Waals surface area contributed by atoms with Crippen LogP contribution in [0.3, 0.4) is 0 Å². The van der Waals surface area contributed by atoms with Gasteiger partial charge in [0, 0.05) is 12.4 Å². The van der Waals surface area contributed by atoms with E-state index in [-0.39, 0.29) is 16.9 Å². The number of carboxylic acid groups (broad SMARTS) is 1. The first-order chi connectivity index (χ1) is 12.6. The van der Waals surface area contributed by atoms with Crippen molar-refractivity contribution in [3.63, 3.8) is 0 Å². The largest absolute Gasteiger partial charge is 0.478 e. The lowest BCUT2D eigenvalue weighted by Crippen LogP contribution is -2.17. The van der Waals surface area contributed by atoms with Crippen LogP contribution in [-0.2, 0) is 6.42 Å². The van der Waals surface area contributed by atoms with Crippen molar-refractivity contribution >= 4 is 17.6 Å². The molecular formula is C18H17N5O3. The fraction of sp³-hybridized carbons (Fsp3) is 0.167. The molecule has 1 aromatic carbocycles. The van der Waals surface area contributed by atoms with Crippen LogP contribution >= 0.6 is 0 Å². The van der Waals surface area contributed by atoms with Gasteiger partial charge in [0.05, 0.1) is 11.3 Å². The summed E-state index contributed by atoms with van der Waals surface area (Å²) < 4.78 is 1.66. The number of rotatable bonds is 6. The van der Waals surface area contributed by atoms with Crippen LogP contribution in [0, 0.1) is 0 Å². The Morgan fingerprint density at radius 3 is 2.65 bits per heavy atom. The van der Waals surface area contributed by atoms with E-state index in [0.717, 1.165) is 18.4 Å². The van der Waals surface area contributed by atoms with Gasteiger partial charge < -0.3 is 10.4 Å². The number of anilines is 1. The number of hydrogen-bond donors (Lipinski definition) is 2. The number of carboxylic acids is 1. The summed E-state index contributed by atoms with van der Waals surface area (Å²) in [5, 5.41) is 19.9. The first-order valence-corrected chi connectivity index (χ1v) is 8.08. The number of aromatic nitrogens is 4. The number of aryl methyl sites for hydroxylation is 1. The topological polar surface area (TPSA) is 110 Å². The van der Waals surface area contributed by atoms with Crippen molar-refractivity contribution in [3.05, 3.63) is 65.9 Å². The minimum absolute atomic E-state index is 0.0484. The third-order valence-corrected chi connectivity index (χ3v) is 3.75. The van der Waals surface area contributed by atoms with Gasteiger partial charge in [-0.1, -0.05) is 19.4 Å². The Labute approximate surface area is 149 Å². The summed E-state index contributed by atoms with van der Waals surface area (Å²) in [6.07, 6.45) is 6.57. The van der Waals surface area contributed by atoms with Gasteiger partial charge in [0.15, 0.2) is 11.5 Å². The van der Waals surface area contributed by atoms with Crippen LogP contribution in [0.4, 0.5) is 5.69 Å². The van der Waals surface area contributed by atoms with Crippen LogP contribution in [0.2, 0.25) is 0 Å². The molecule has 2 heterocycles. The molecule has 0 radical (unpaired) electrons. The highest BCUT2D eigenvalue weighted by Crippen LogP contribution is 2.19. The molecule has 132 valence electrons. The van der Waals surface area contributed by atoms with Crippen LogP contribution in [0.15, 0.2) is 49.1 Å². The van der Waals surface area contributed by atoms with Crippen LogP contribution < -0.4 is 5.32 Å². The zero-order chi connectivity index (χ0) is 18.5. The van der Waals surface area contributed by atoms with Crippen molar-refractivity contribution in [2.75, 3.05) is 5.32 Å². The van der Waals surface area contributed by atoms with E-state index < -0.39 is 11.9 Å². The van der Waals surface area contributed by atoms with Gasteiger partial charge in [-0.25, -0.2) is 9.78 Å². The fourth-order valence-corrected chi connectivity index (χ4v) is 2.49. The van der Waals surface area contributed by atoms with Gasteiger partial charge in [0.2, 0.25) is 0 Å². The highest BCUT2D eigenvalue weighted by atomic mass is 16.4. The van der Waals surface area contributed by atoms with Gasteiger partial charge in [-0.2, -0.15) is 0 Å². The molecule has 0 spiro atoms. The molecule has 0 aliphatic heterocycles. The maximum absolute atomic E-state index is 12.4. The Kier molecular flexibility index (Phi) is 5.02. The highest BCUT2D eigenvalue weighted by molar-refractivity contribution is 6.06. The lowest BCUT2D eigenvalue weighted by atomic mass is 10.0. The van der Waals surface area contributed by atoms with E-state index in [1.165, 1.54) is 6.07 Å². The van der Waals surface area contributed by atoms with Gasteiger partial charge in [0.1, 0.15) is 6.33 Å². The molecule has 3 aromatic rings. The van der Waals surface area contributed by atoms with Crippen molar-refractivity contribution in [3.8, 4) is 5.82 Å². The smallest absolute Gasteiger partial charge is 0.337 e. The van der Waals surface area contributed by atoms with Gasteiger partial charge in [-0.15, -0.1) is 10.2 Å². The number of carbonyl (C=O) groups excluding carboxylic acids is 1. The van der Waals surface area contributed by atoms with E-state index in [0.29, 0.717) is 5.82 Å². The number of benzene rings is 1. The fourth-order valence-electron chi connectivity index (χ4n) is 2.49. The number of aromatic carboxylic acids is 1. The van der Waals surface area contributed by atoms with Crippen molar-refractivity contribution < 1.29 is 14.7 Å². The van der Waals surface area contributed by atoms with E-state index >= 15 is 0 Å². The summed E-state index contributed by atoms with van der Waals surface area (Å²) in [4.78, 5) is 27.8. The predicted octanol–water partition coefficient (Wildman–Crippen LogP) is 2.57. The van der Waals surface area contributed by atoms with E-state index in [4.69, 9.17) is 0 Å². The number of carbonyl (C=O) groups is 2. The van der Waals surface area contributed by atoms with E-state index in [2.05, 4.69) is 20.5 Å². The van der Waals surface area contributed by atoms with Crippen molar-refractivity contribution in [1.29, 1.82) is 0 Å². The van der Waals surface area contributed by atoms with Crippen LogP contribution in [0.5, 0.6) is 0 Å². The quantitative estimate of drug-likeness (QED) is 0.706. The van der Waals surface area contributed by atoms with E-state index in [1.807, 2.05) is 6.92 Å². The zero-order valence-corrected chi connectivity index (χ0v) is 14.1. The Balaban J connectivity index is 1.80. The molecule has 8 heteroatoms. The summed E-state index contributed by atoms with van der Waals surface area (Å²) in [6.45, 7) is 2.02. The Bertz CT molecular complexity index is 921. The van der Waals surface area contributed by atoms with Crippen LogP contribution in [-0.4, -0.2) is 36.7 Å². The molecule has 0 saturated heterocycles. The predicted molar refractivity (Wildman–Crippen MR) is 94.5 cm³/mol. The lowest BCUT2D eigenvalue weighted by Gasteiger charge is -2.10. The Morgan fingerprint density at radius 1 is 1.19 bits per heavy atom. The lowest BCUT2D eigenvalue weighted by molar-refractivity contribution is 0.0698. The normalized spacial score (nSPS) is 10.5. The minimum atomic E-state index is -1.10. The monoisotopic (exact) mass is 351 g/mol. The standard InChI is InChI=1S/C18H17N5O3/c1-2-3-12-4-5-14(13(10-12)18(25)26)20-17(24)15-6-7-16(22-21-15)23-9-8-19-11-23/h4-11H,2-3H2,1H3,(H,20,24)(H,25,26). The van der Waals surface area contributed by atoms with Crippen molar-refractivity contribution in [2.45, 2.75) is 19.8 Å². The SMILES string of the molecule is CCCc1ccc(NC(=O)c2ccc(-n3ccnc3)nn2)c(C(=O)O)c1. The zero-order valence-electron chi connectivity index (χ0n) is 14.1. The van der Waals surface area contributed by atoms with Crippen molar-refractivity contribution in [1.82, 2.24) is 19.7 Å². The molecule has 1 amide bonds. The molecule has 3 rings (SSSR count). The van der Waals surface area contributed by atoms with Crippen LogP contribution in [0.1, 0.15) is 39.8 Å². The minimum Gasteiger partial charge on any atom is -0.478 e. The molecular weight excluding hydrogens is 334 g/mol. The molecule has 0 atom stereocenters. The number of amides is 1. The second-order valence-electron chi connectivity index (χ2n) is 5.64. The first-order valence-electron chi connectivity index (χ1n) is 8.08. The number of nitrogens with zero attached hydrogens (tertiary/aromatic N) is 4. The van der Waals surface area contributed by atoms with E-state index in [9.17, 15) is 14.7 Å². The maximum Gasteiger partial charge on any atom is 0.337 e. The van der Waals surface area contributed by atoms with E-state index in [1.54, 1.807) is 47.6 Å². The number of hydrogen-bond acceptors (Lipinski definition) is 5. The molecule has 0 fully saturated rings. The van der Waals surface area contributed by atoms with Gasteiger partial charge >= 0.3 is 5.97 Å². The summed E-state index contributed by atoms with van der Waals surface area (Å²) in [5.74, 6) is -1.10. The maximum atomic E-state index is 12.4. The molecule has 0 unspecified atom stereocenters. The average Bonchev–Trinajstić information content (AvgIpc) is 3.18. The number of imidazole rings is 1. The molecule has 0 aliphatic carbocycles. The molecule has 0 saturated carbocycles. The second-order valence-corrected chi connectivity index (χ2v) is 5.64. The molecule has 2 aromatic heterocycles. The first kappa shape index (κ1) is 17.3. The third kappa shape index (κ3) is 3.75. The molecule has 8 nitrogen and oxygen atoms in total. The molecule has 2 N–H and O–H groups in total. The van der Waals surface area contributed by atoms with Gasteiger partial charge in [-0.3, -0.25) is 9.36 Å². The Hall–Kier alpha value is -3.55. The Morgan fingerprint density at radius 2 is 2.04 bits per heavy atom. The summed E-state index contributed by atoms with van der Waals surface area (Å²) in [5.41, 5.74) is 1.27. The number of nitrogens with one attached hydrogen (secondary N) is 1. The van der Waals surface area contributed by atoms with Crippen molar-refractivity contribution in [2.24, 2.45) is 0 Å². The van der Waals surface area contributed by atoms with Gasteiger partial charge in [-0.05, 0) is 36.2 Å². The average molecular weight is 351 g/mol. The summed E-state index contributed by atoms with van der Waals surface area (Å²) >= 11 is 0.